The lowest BCUT2D eigenvalue weighted by Gasteiger charge is -2.38. The summed E-state index contributed by atoms with van der Waals surface area (Å²) in [7, 11) is 1.61. The largest absolute Gasteiger partial charge is 0.495 e. The number of hydrogen-bond acceptors (Lipinski definition) is 6. The molecule has 1 fully saturated rings. The lowest BCUT2D eigenvalue weighted by molar-refractivity contribution is -0.120. The minimum atomic E-state index is -0.267. The van der Waals surface area contributed by atoms with E-state index >= 15 is 0 Å². The predicted molar refractivity (Wildman–Crippen MR) is 126 cm³/mol. The zero-order chi connectivity index (χ0) is 22.1. The molecular formula is C25H26N4O3. The van der Waals surface area contributed by atoms with Crippen LogP contribution in [-0.4, -0.2) is 55.1 Å². The Morgan fingerprint density at radius 3 is 2.56 bits per heavy atom. The number of rotatable bonds is 5. The molecule has 2 aromatic heterocycles. The third-order valence-corrected chi connectivity index (χ3v) is 6.17. The van der Waals surface area contributed by atoms with Crippen molar-refractivity contribution in [1.29, 1.82) is 0 Å². The molecule has 2 aromatic carbocycles. The molecule has 7 nitrogen and oxygen atoms in total. The van der Waals surface area contributed by atoms with Crippen molar-refractivity contribution in [2.24, 2.45) is 0 Å². The lowest BCUT2D eigenvalue weighted by atomic mass is 10.1. The Balaban J connectivity index is 1.30. The summed E-state index contributed by atoms with van der Waals surface area (Å²) in [5.74, 6) is 1.53. The van der Waals surface area contributed by atoms with Gasteiger partial charge in [0.05, 0.1) is 18.8 Å². The van der Waals surface area contributed by atoms with Crippen molar-refractivity contribution >= 4 is 39.4 Å². The summed E-state index contributed by atoms with van der Waals surface area (Å²) in [4.78, 5) is 21.9. The highest BCUT2D eigenvalue weighted by Gasteiger charge is 2.27. The molecule has 1 saturated heterocycles. The Labute approximate surface area is 186 Å². The number of nitrogens with one attached hydrogen (secondary N) is 1. The van der Waals surface area contributed by atoms with Crippen molar-refractivity contribution < 1.29 is 13.9 Å². The summed E-state index contributed by atoms with van der Waals surface area (Å²) in [6.45, 7) is 5.21. The van der Waals surface area contributed by atoms with E-state index < -0.39 is 0 Å². The molecule has 0 aliphatic carbocycles. The summed E-state index contributed by atoms with van der Waals surface area (Å²) < 4.78 is 11.6. The van der Waals surface area contributed by atoms with E-state index in [2.05, 4.69) is 20.1 Å². The topological polar surface area (TPSA) is 70.8 Å². The average molecular weight is 431 g/mol. The second kappa shape index (κ2) is 8.51. The molecule has 1 atom stereocenters. The Morgan fingerprint density at radius 2 is 1.81 bits per heavy atom. The maximum atomic E-state index is 13.1. The number of pyridine rings is 1. The molecular weight excluding hydrogens is 404 g/mol. The van der Waals surface area contributed by atoms with E-state index in [4.69, 9.17) is 9.15 Å². The van der Waals surface area contributed by atoms with Crippen molar-refractivity contribution in [1.82, 2.24) is 9.88 Å². The Hall–Kier alpha value is -3.58. The van der Waals surface area contributed by atoms with Gasteiger partial charge < -0.3 is 19.4 Å². The number of hydrogen-bond donors (Lipinski definition) is 1. The second-order valence-electron chi connectivity index (χ2n) is 8.02. The zero-order valence-electron chi connectivity index (χ0n) is 18.2. The SMILES string of the molecule is COc1cc2c(cc1NC(=O)[C@H](C)N1CCN(c3ccccn3)CC1)oc1ccccc12. The summed E-state index contributed by atoms with van der Waals surface area (Å²) in [6, 6.07) is 17.3. The molecule has 3 heterocycles. The number of amides is 1. The van der Waals surface area contributed by atoms with Crippen molar-refractivity contribution in [2.75, 3.05) is 43.5 Å². The van der Waals surface area contributed by atoms with E-state index in [0.717, 1.165) is 53.9 Å². The first-order valence-corrected chi connectivity index (χ1v) is 10.8. The smallest absolute Gasteiger partial charge is 0.241 e. The maximum absolute atomic E-state index is 13.1. The summed E-state index contributed by atoms with van der Waals surface area (Å²) in [5, 5.41) is 5.04. The van der Waals surface area contributed by atoms with Crippen LogP contribution in [0.1, 0.15) is 6.92 Å². The van der Waals surface area contributed by atoms with Crippen LogP contribution in [0.5, 0.6) is 5.75 Å². The van der Waals surface area contributed by atoms with E-state index in [1.807, 2.05) is 67.7 Å². The van der Waals surface area contributed by atoms with E-state index in [1.54, 1.807) is 7.11 Å². The van der Waals surface area contributed by atoms with Gasteiger partial charge in [-0.1, -0.05) is 24.3 Å². The number of furan rings is 1. The highest BCUT2D eigenvalue weighted by molar-refractivity contribution is 6.08. The molecule has 1 aliphatic rings. The van der Waals surface area contributed by atoms with Crippen LogP contribution in [0, 0.1) is 0 Å². The minimum absolute atomic E-state index is 0.0648. The van der Waals surface area contributed by atoms with Gasteiger partial charge in [0.1, 0.15) is 22.7 Å². The second-order valence-corrected chi connectivity index (χ2v) is 8.02. The van der Waals surface area contributed by atoms with Crippen LogP contribution in [0.15, 0.2) is 65.2 Å². The number of para-hydroxylation sites is 1. The fourth-order valence-corrected chi connectivity index (χ4v) is 4.30. The van der Waals surface area contributed by atoms with Gasteiger partial charge in [-0.05, 0) is 31.2 Å². The Morgan fingerprint density at radius 1 is 1.03 bits per heavy atom. The van der Waals surface area contributed by atoms with Crippen LogP contribution >= 0.6 is 0 Å². The third kappa shape index (κ3) is 3.76. The first-order valence-electron chi connectivity index (χ1n) is 10.8. The third-order valence-electron chi connectivity index (χ3n) is 6.17. The quantitative estimate of drug-likeness (QED) is 0.513. The van der Waals surface area contributed by atoms with Gasteiger partial charge in [0.2, 0.25) is 5.91 Å². The Kier molecular flexibility index (Phi) is 5.41. The van der Waals surface area contributed by atoms with Gasteiger partial charge in [-0.25, -0.2) is 4.98 Å². The number of aromatic nitrogens is 1. The number of ether oxygens (including phenoxy) is 1. The van der Waals surface area contributed by atoms with Crippen LogP contribution in [-0.2, 0) is 4.79 Å². The fraction of sp³-hybridized carbons (Fsp3) is 0.280. The minimum Gasteiger partial charge on any atom is -0.495 e. The standard InChI is InChI=1S/C25H26N4O3/c1-17(28-11-13-29(14-12-28)24-9-5-6-10-26-24)25(30)27-20-16-22-19(15-23(20)31-2)18-7-3-4-8-21(18)32-22/h3-10,15-17H,11-14H2,1-2H3,(H,27,30)/t17-/m0/s1. The van der Waals surface area contributed by atoms with Crippen molar-refractivity contribution in [3.63, 3.8) is 0 Å². The van der Waals surface area contributed by atoms with Gasteiger partial charge in [0.25, 0.3) is 0 Å². The predicted octanol–water partition coefficient (Wildman–Crippen LogP) is 4.14. The van der Waals surface area contributed by atoms with E-state index in [1.165, 1.54) is 0 Å². The summed E-state index contributed by atoms with van der Waals surface area (Å²) in [5.41, 5.74) is 2.15. The number of benzene rings is 2. The monoisotopic (exact) mass is 430 g/mol. The fourth-order valence-electron chi connectivity index (χ4n) is 4.30. The van der Waals surface area contributed by atoms with Gasteiger partial charge in [-0.15, -0.1) is 0 Å². The molecule has 7 heteroatoms. The number of fused-ring (bicyclic) bond motifs is 3. The highest BCUT2D eigenvalue weighted by atomic mass is 16.5. The molecule has 164 valence electrons. The van der Waals surface area contributed by atoms with E-state index in [9.17, 15) is 4.79 Å². The number of carbonyl (C=O) groups is 1. The maximum Gasteiger partial charge on any atom is 0.241 e. The van der Waals surface area contributed by atoms with Gasteiger partial charge in [0.15, 0.2) is 0 Å². The summed E-state index contributed by atoms with van der Waals surface area (Å²) >= 11 is 0. The Bertz CT molecular complexity index is 1250. The molecule has 0 unspecified atom stereocenters. The van der Waals surface area contributed by atoms with Crippen LogP contribution in [0.3, 0.4) is 0 Å². The first kappa shape index (κ1) is 20.3. The molecule has 0 saturated carbocycles. The molecule has 1 aliphatic heterocycles. The number of nitrogens with zero attached hydrogens (tertiary/aromatic N) is 3. The first-order chi connectivity index (χ1) is 15.6. The van der Waals surface area contributed by atoms with E-state index in [0.29, 0.717) is 11.4 Å². The number of piperazine rings is 1. The lowest BCUT2D eigenvalue weighted by Crippen LogP contribution is -2.53. The molecule has 1 amide bonds. The number of carbonyl (C=O) groups excluding carboxylic acids is 1. The number of anilines is 2. The van der Waals surface area contributed by atoms with Crippen molar-refractivity contribution in [3.05, 3.63) is 60.8 Å². The highest BCUT2D eigenvalue weighted by Crippen LogP contribution is 2.36. The molecule has 4 aromatic rings. The summed E-state index contributed by atoms with van der Waals surface area (Å²) in [6.07, 6.45) is 1.81. The van der Waals surface area contributed by atoms with Gasteiger partial charge in [-0.3, -0.25) is 9.69 Å². The van der Waals surface area contributed by atoms with Crippen molar-refractivity contribution in [2.45, 2.75) is 13.0 Å². The van der Waals surface area contributed by atoms with Crippen LogP contribution in [0.4, 0.5) is 11.5 Å². The normalized spacial score (nSPS) is 15.8. The van der Waals surface area contributed by atoms with Crippen molar-refractivity contribution in [3.8, 4) is 5.75 Å². The molecule has 1 N–H and O–H groups in total. The van der Waals surface area contributed by atoms with Gasteiger partial charge in [-0.2, -0.15) is 0 Å². The van der Waals surface area contributed by atoms with Crippen LogP contribution in [0.2, 0.25) is 0 Å². The molecule has 5 rings (SSSR count). The molecule has 0 bridgehead atoms. The van der Waals surface area contributed by atoms with E-state index in [-0.39, 0.29) is 11.9 Å². The van der Waals surface area contributed by atoms with Gasteiger partial charge in [0, 0.05) is 49.2 Å². The molecule has 0 spiro atoms. The molecule has 0 radical (unpaired) electrons. The number of methoxy groups -OCH3 is 1. The van der Waals surface area contributed by atoms with Crippen LogP contribution < -0.4 is 15.0 Å². The van der Waals surface area contributed by atoms with Crippen LogP contribution in [0.25, 0.3) is 21.9 Å². The molecule has 32 heavy (non-hydrogen) atoms. The average Bonchev–Trinajstić information content (AvgIpc) is 3.21. The van der Waals surface area contributed by atoms with Gasteiger partial charge >= 0.3 is 0 Å². The zero-order valence-corrected chi connectivity index (χ0v) is 18.2.